The maximum atomic E-state index is 5.69. The summed E-state index contributed by atoms with van der Waals surface area (Å²) in [6.45, 7) is 9.24. The molecule has 1 heterocycles. The van der Waals surface area contributed by atoms with Crippen LogP contribution < -0.4 is 4.74 Å². The molecule has 0 amide bonds. The van der Waals surface area contributed by atoms with Crippen LogP contribution >= 0.6 is 0 Å². The van der Waals surface area contributed by atoms with Gasteiger partial charge in [-0.15, -0.1) is 5.10 Å². The van der Waals surface area contributed by atoms with Crippen LogP contribution in [-0.2, 0) is 13.0 Å². The number of nitrogens with zero attached hydrogens (tertiary/aromatic N) is 3. The zero-order valence-electron chi connectivity index (χ0n) is 13.4. The van der Waals surface area contributed by atoms with E-state index in [9.17, 15) is 0 Å². The van der Waals surface area contributed by atoms with E-state index >= 15 is 0 Å². The standard InChI is InChI=1S/C17H25N3O/c1-5-14(11-16-12-20(6-2)19-18-16)15-7-9-17(10-8-15)21-13(3)4/h7-10,12-14H,5-6,11H2,1-4H3. The third-order valence-electron chi connectivity index (χ3n) is 3.58. The monoisotopic (exact) mass is 287 g/mol. The minimum absolute atomic E-state index is 0.210. The van der Waals surface area contributed by atoms with Gasteiger partial charge in [0, 0.05) is 12.7 Å². The van der Waals surface area contributed by atoms with Gasteiger partial charge < -0.3 is 4.74 Å². The Balaban J connectivity index is 2.06. The number of rotatable bonds is 7. The van der Waals surface area contributed by atoms with E-state index in [4.69, 9.17) is 4.74 Å². The summed E-state index contributed by atoms with van der Waals surface area (Å²) in [5.41, 5.74) is 2.39. The molecule has 0 saturated heterocycles. The molecule has 1 unspecified atom stereocenters. The second-order valence-electron chi connectivity index (χ2n) is 5.61. The van der Waals surface area contributed by atoms with E-state index in [1.807, 2.05) is 24.7 Å². The topological polar surface area (TPSA) is 39.9 Å². The fourth-order valence-corrected chi connectivity index (χ4v) is 2.43. The van der Waals surface area contributed by atoms with Gasteiger partial charge in [-0.1, -0.05) is 24.3 Å². The van der Waals surface area contributed by atoms with Crippen molar-refractivity contribution in [3.05, 3.63) is 41.7 Å². The van der Waals surface area contributed by atoms with Gasteiger partial charge in [0.25, 0.3) is 0 Å². The molecule has 4 nitrogen and oxygen atoms in total. The average Bonchev–Trinajstić information content (AvgIpc) is 2.93. The fourth-order valence-electron chi connectivity index (χ4n) is 2.43. The van der Waals surface area contributed by atoms with Gasteiger partial charge >= 0.3 is 0 Å². The number of aromatic nitrogens is 3. The molecular formula is C17H25N3O. The van der Waals surface area contributed by atoms with Crippen LogP contribution in [0.3, 0.4) is 0 Å². The zero-order chi connectivity index (χ0) is 15.2. The zero-order valence-corrected chi connectivity index (χ0v) is 13.4. The Morgan fingerprint density at radius 2 is 1.86 bits per heavy atom. The van der Waals surface area contributed by atoms with Crippen LogP contribution in [0.1, 0.15) is 51.3 Å². The second kappa shape index (κ2) is 7.25. The maximum Gasteiger partial charge on any atom is 0.119 e. The summed E-state index contributed by atoms with van der Waals surface area (Å²) in [5.74, 6) is 1.40. The highest BCUT2D eigenvalue weighted by Crippen LogP contribution is 2.25. The van der Waals surface area contributed by atoms with Crippen LogP contribution in [0.25, 0.3) is 0 Å². The SMILES string of the molecule is CCC(Cc1cn(CC)nn1)c1ccc(OC(C)C)cc1. The number of hydrogen-bond acceptors (Lipinski definition) is 3. The first-order chi connectivity index (χ1) is 10.1. The van der Waals surface area contributed by atoms with E-state index in [1.165, 1.54) is 5.56 Å². The van der Waals surface area contributed by atoms with Crippen molar-refractivity contribution in [2.45, 2.75) is 59.1 Å². The lowest BCUT2D eigenvalue weighted by Crippen LogP contribution is -2.06. The fraction of sp³-hybridized carbons (Fsp3) is 0.529. The van der Waals surface area contributed by atoms with E-state index in [-0.39, 0.29) is 6.10 Å². The van der Waals surface area contributed by atoms with Crippen molar-refractivity contribution in [2.75, 3.05) is 0 Å². The molecule has 0 fully saturated rings. The molecule has 0 bridgehead atoms. The van der Waals surface area contributed by atoms with E-state index in [1.54, 1.807) is 0 Å². The van der Waals surface area contributed by atoms with Crippen LogP contribution in [0.5, 0.6) is 5.75 Å². The van der Waals surface area contributed by atoms with Crippen LogP contribution in [0.15, 0.2) is 30.5 Å². The second-order valence-corrected chi connectivity index (χ2v) is 5.61. The third-order valence-corrected chi connectivity index (χ3v) is 3.58. The van der Waals surface area contributed by atoms with Crippen molar-refractivity contribution in [1.29, 1.82) is 0 Å². The van der Waals surface area contributed by atoms with Crippen molar-refractivity contribution >= 4 is 0 Å². The lowest BCUT2D eigenvalue weighted by atomic mass is 9.92. The Morgan fingerprint density at radius 1 is 1.14 bits per heavy atom. The Labute approximate surface area is 127 Å². The van der Waals surface area contributed by atoms with Crippen molar-refractivity contribution in [3.63, 3.8) is 0 Å². The van der Waals surface area contributed by atoms with Gasteiger partial charge in [-0.05, 0) is 57.2 Å². The molecule has 2 aromatic rings. The Kier molecular flexibility index (Phi) is 5.37. The smallest absolute Gasteiger partial charge is 0.119 e. The quantitative estimate of drug-likeness (QED) is 0.777. The lowest BCUT2D eigenvalue weighted by Gasteiger charge is -2.15. The highest BCUT2D eigenvalue weighted by molar-refractivity contribution is 5.30. The summed E-state index contributed by atoms with van der Waals surface area (Å²) in [5, 5.41) is 8.35. The molecule has 0 spiro atoms. The highest BCUT2D eigenvalue weighted by Gasteiger charge is 2.13. The first-order valence-electron chi connectivity index (χ1n) is 7.78. The predicted molar refractivity (Wildman–Crippen MR) is 84.6 cm³/mol. The molecule has 1 aromatic heterocycles. The molecule has 0 aliphatic rings. The Morgan fingerprint density at radius 3 is 2.38 bits per heavy atom. The molecule has 4 heteroatoms. The number of ether oxygens (including phenoxy) is 1. The molecule has 0 aliphatic heterocycles. The molecule has 0 N–H and O–H groups in total. The van der Waals surface area contributed by atoms with E-state index in [0.29, 0.717) is 5.92 Å². The first kappa shape index (κ1) is 15.5. The summed E-state index contributed by atoms with van der Waals surface area (Å²) >= 11 is 0. The normalized spacial score (nSPS) is 12.6. The van der Waals surface area contributed by atoms with E-state index in [2.05, 4.69) is 48.4 Å². The Hall–Kier alpha value is -1.84. The molecule has 0 aliphatic carbocycles. The summed E-state index contributed by atoms with van der Waals surface area (Å²) in [4.78, 5) is 0. The van der Waals surface area contributed by atoms with Gasteiger partial charge in [0.15, 0.2) is 0 Å². The van der Waals surface area contributed by atoms with Crippen LogP contribution in [0, 0.1) is 0 Å². The highest BCUT2D eigenvalue weighted by atomic mass is 16.5. The number of hydrogen-bond donors (Lipinski definition) is 0. The number of aryl methyl sites for hydroxylation is 1. The maximum absolute atomic E-state index is 5.69. The van der Waals surface area contributed by atoms with E-state index < -0.39 is 0 Å². The third kappa shape index (κ3) is 4.31. The van der Waals surface area contributed by atoms with Crippen molar-refractivity contribution in [1.82, 2.24) is 15.0 Å². The summed E-state index contributed by atoms with van der Waals surface area (Å²) in [7, 11) is 0. The first-order valence-corrected chi connectivity index (χ1v) is 7.78. The minimum atomic E-state index is 0.210. The van der Waals surface area contributed by atoms with Gasteiger partial charge in [-0.2, -0.15) is 0 Å². The van der Waals surface area contributed by atoms with Crippen molar-refractivity contribution in [2.24, 2.45) is 0 Å². The average molecular weight is 287 g/mol. The molecule has 2 rings (SSSR count). The van der Waals surface area contributed by atoms with Gasteiger partial charge in [-0.3, -0.25) is 4.68 Å². The van der Waals surface area contributed by atoms with Gasteiger partial charge in [-0.25, -0.2) is 0 Å². The van der Waals surface area contributed by atoms with Crippen molar-refractivity contribution < 1.29 is 4.74 Å². The molecule has 0 saturated carbocycles. The Bertz CT molecular complexity index is 545. The van der Waals surface area contributed by atoms with Crippen LogP contribution in [0.2, 0.25) is 0 Å². The van der Waals surface area contributed by atoms with Crippen LogP contribution in [0.4, 0.5) is 0 Å². The van der Waals surface area contributed by atoms with Crippen molar-refractivity contribution in [3.8, 4) is 5.75 Å². The molecule has 0 radical (unpaired) electrons. The summed E-state index contributed by atoms with van der Waals surface area (Å²) < 4.78 is 7.57. The number of benzene rings is 1. The summed E-state index contributed by atoms with van der Waals surface area (Å²) in [6, 6.07) is 8.44. The predicted octanol–water partition coefficient (Wildman–Crippen LogP) is 3.82. The minimum Gasteiger partial charge on any atom is -0.491 e. The lowest BCUT2D eigenvalue weighted by molar-refractivity contribution is 0.242. The molecule has 114 valence electrons. The largest absolute Gasteiger partial charge is 0.491 e. The molecular weight excluding hydrogens is 262 g/mol. The molecule has 21 heavy (non-hydrogen) atoms. The van der Waals surface area contributed by atoms with Gasteiger partial charge in [0.1, 0.15) is 5.75 Å². The van der Waals surface area contributed by atoms with E-state index in [0.717, 1.165) is 30.8 Å². The molecule has 1 atom stereocenters. The summed E-state index contributed by atoms with van der Waals surface area (Å²) in [6.07, 6.45) is 4.27. The van der Waals surface area contributed by atoms with Crippen LogP contribution in [-0.4, -0.2) is 21.1 Å². The molecule has 1 aromatic carbocycles. The van der Waals surface area contributed by atoms with Gasteiger partial charge in [0.05, 0.1) is 11.8 Å². The van der Waals surface area contributed by atoms with Gasteiger partial charge in [0.2, 0.25) is 0 Å².